The van der Waals surface area contributed by atoms with Crippen molar-refractivity contribution in [3.63, 3.8) is 0 Å². The van der Waals surface area contributed by atoms with Gasteiger partial charge in [0, 0.05) is 45.1 Å². The highest BCUT2D eigenvalue weighted by Gasteiger charge is 2.23. The molecule has 1 fully saturated rings. The Balaban J connectivity index is 2.03. The molecule has 0 spiro atoms. The molecule has 2 rings (SSSR count). The molecule has 5 nitrogen and oxygen atoms in total. The van der Waals surface area contributed by atoms with E-state index < -0.39 is 0 Å². The normalized spacial score (nSPS) is 16.2. The van der Waals surface area contributed by atoms with Crippen molar-refractivity contribution in [2.24, 2.45) is 5.92 Å². The Kier molecular flexibility index (Phi) is 4.95. The Morgan fingerprint density at radius 1 is 1.45 bits per heavy atom. The molecule has 1 aromatic heterocycles. The van der Waals surface area contributed by atoms with Crippen molar-refractivity contribution in [1.29, 1.82) is 0 Å². The lowest BCUT2D eigenvalue weighted by molar-refractivity contribution is 0.0613. The van der Waals surface area contributed by atoms with Gasteiger partial charge in [-0.3, -0.25) is 4.79 Å². The number of hydrogen-bond acceptors (Lipinski definition) is 4. The summed E-state index contributed by atoms with van der Waals surface area (Å²) in [7, 11) is 3.54. The van der Waals surface area contributed by atoms with E-state index >= 15 is 0 Å². The molecule has 0 atom stereocenters. The molecule has 5 heteroatoms. The minimum Gasteiger partial charge on any atom is -0.384 e. The van der Waals surface area contributed by atoms with E-state index in [4.69, 9.17) is 4.74 Å². The average Bonchev–Trinajstić information content (AvgIpc) is 2.47. The highest BCUT2D eigenvalue weighted by atomic mass is 16.5. The molecule has 0 bridgehead atoms. The molecule has 1 aliphatic rings. The van der Waals surface area contributed by atoms with Gasteiger partial charge in [-0.2, -0.15) is 0 Å². The number of anilines is 1. The molecule has 0 unspecified atom stereocenters. The van der Waals surface area contributed by atoms with Crippen molar-refractivity contribution in [1.82, 2.24) is 9.88 Å². The molecule has 1 saturated heterocycles. The fraction of sp³-hybridized carbons (Fsp3) is 0.600. The van der Waals surface area contributed by atoms with Crippen LogP contribution in [-0.2, 0) is 4.74 Å². The summed E-state index contributed by atoms with van der Waals surface area (Å²) in [6.45, 7) is 4.31. The van der Waals surface area contributed by atoms with Gasteiger partial charge in [-0.1, -0.05) is 0 Å². The van der Waals surface area contributed by atoms with Crippen LogP contribution in [-0.4, -0.2) is 49.6 Å². The molecule has 2 heterocycles. The van der Waals surface area contributed by atoms with Crippen molar-refractivity contribution >= 4 is 11.7 Å². The van der Waals surface area contributed by atoms with Gasteiger partial charge in [-0.05, 0) is 37.8 Å². The van der Waals surface area contributed by atoms with Crippen LogP contribution in [0.25, 0.3) is 0 Å². The molecule has 1 amide bonds. The lowest BCUT2D eigenvalue weighted by Gasteiger charge is -2.31. The smallest absolute Gasteiger partial charge is 0.254 e. The van der Waals surface area contributed by atoms with Gasteiger partial charge in [0.25, 0.3) is 5.91 Å². The van der Waals surface area contributed by atoms with Crippen LogP contribution < -0.4 is 5.32 Å². The van der Waals surface area contributed by atoms with Crippen molar-refractivity contribution in [3.8, 4) is 0 Å². The van der Waals surface area contributed by atoms with Crippen LogP contribution >= 0.6 is 0 Å². The van der Waals surface area contributed by atoms with E-state index in [0.717, 1.165) is 44.0 Å². The topological polar surface area (TPSA) is 54.5 Å². The third kappa shape index (κ3) is 3.48. The first-order chi connectivity index (χ1) is 9.63. The number of amides is 1. The lowest BCUT2D eigenvalue weighted by atomic mass is 9.97. The van der Waals surface area contributed by atoms with Gasteiger partial charge in [0.1, 0.15) is 5.82 Å². The van der Waals surface area contributed by atoms with Crippen LogP contribution in [0.4, 0.5) is 5.82 Å². The second kappa shape index (κ2) is 6.70. The summed E-state index contributed by atoms with van der Waals surface area (Å²) in [6, 6.07) is 3.67. The number of pyridine rings is 1. The van der Waals surface area contributed by atoms with E-state index in [-0.39, 0.29) is 5.91 Å². The number of aryl methyl sites for hydroxylation is 1. The predicted molar refractivity (Wildman–Crippen MR) is 79.0 cm³/mol. The van der Waals surface area contributed by atoms with Gasteiger partial charge in [-0.25, -0.2) is 4.98 Å². The number of methoxy groups -OCH3 is 1. The lowest BCUT2D eigenvalue weighted by Crippen LogP contribution is -2.39. The van der Waals surface area contributed by atoms with Crippen LogP contribution in [0.2, 0.25) is 0 Å². The van der Waals surface area contributed by atoms with Gasteiger partial charge < -0.3 is 15.0 Å². The van der Waals surface area contributed by atoms with Gasteiger partial charge in [0.15, 0.2) is 0 Å². The summed E-state index contributed by atoms with van der Waals surface area (Å²) in [5, 5.41) is 2.99. The number of carbonyl (C=O) groups excluding carboxylic acids is 1. The van der Waals surface area contributed by atoms with E-state index in [1.807, 2.05) is 31.0 Å². The second-order valence-electron chi connectivity index (χ2n) is 5.32. The molecule has 20 heavy (non-hydrogen) atoms. The number of hydrogen-bond donors (Lipinski definition) is 1. The second-order valence-corrected chi connectivity index (χ2v) is 5.32. The molecule has 1 aliphatic heterocycles. The maximum absolute atomic E-state index is 12.5. The standard InChI is InChI=1S/C15H23N3O2/c1-11-8-13(9-14(16-2)17-11)15(19)18-6-4-12(5-7-18)10-20-3/h8-9,12H,4-7,10H2,1-3H3,(H,16,17). The third-order valence-corrected chi connectivity index (χ3v) is 3.76. The Labute approximate surface area is 120 Å². The summed E-state index contributed by atoms with van der Waals surface area (Å²) < 4.78 is 5.19. The summed E-state index contributed by atoms with van der Waals surface area (Å²) >= 11 is 0. The summed E-state index contributed by atoms with van der Waals surface area (Å²) in [6.07, 6.45) is 2.03. The molecule has 1 aromatic rings. The van der Waals surface area contributed by atoms with Gasteiger partial charge in [-0.15, -0.1) is 0 Å². The summed E-state index contributed by atoms with van der Waals surface area (Å²) in [5.41, 5.74) is 1.57. The summed E-state index contributed by atoms with van der Waals surface area (Å²) in [5.74, 6) is 1.42. The Bertz CT molecular complexity index is 468. The molecule has 0 radical (unpaired) electrons. The molecule has 1 N–H and O–H groups in total. The minimum atomic E-state index is 0.0999. The molecular formula is C15H23N3O2. The SMILES string of the molecule is CNc1cc(C(=O)N2CCC(COC)CC2)cc(C)n1. The van der Waals surface area contributed by atoms with Crippen LogP contribution in [0, 0.1) is 12.8 Å². The summed E-state index contributed by atoms with van der Waals surface area (Å²) in [4.78, 5) is 18.8. The van der Waals surface area contributed by atoms with Gasteiger partial charge in [0.05, 0.1) is 0 Å². The number of aromatic nitrogens is 1. The number of piperidine rings is 1. The first kappa shape index (κ1) is 14.8. The zero-order valence-electron chi connectivity index (χ0n) is 12.5. The Hall–Kier alpha value is -1.62. The Morgan fingerprint density at radius 3 is 2.75 bits per heavy atom. The van der Waals surface area contributed by atoms with Crippen molar-refractivity contribution in [2.45, 2.75) is 19.8 Å². The van der Waals surface area contributed by atoms with Gasteiger partial charge >= 0.3 is 0 Å². The Morgan fingerprint density at radius 2 is 2.15 bits per heavy atom. The van der Waals surface area contributed by atoms with E-state index in [1.54, 1.807) is 7.11 Å². The van der Waals surface area contributed by atoms with Crippen LogP contribution in [0.15, 0.2) is 12.1 Å². The zero-order valence-corrected chi connectivity index (χ0v) is 12.5. The third-order valence-electron chi connectivity index (χ3n) is 3.76. The van der Waals surface area contributed by atoms with Crippen LogP contribution in [0.3, 0.4) is 0 Å². The van der Waals surface area contributed by atoms with E-state index in [9.17, 15) is 4.79 Å². The number of ether oxygens (including phenoxy) is 1. The predicted octanol–water partition coefficient (Wildman–Crippen LogP) is 1.93. The van der Waals surface area contributed by atoms with Crippen LogP contribution in [0.5, 0.6) is 0 Å². The fourth-order valence-corrected chi connectivity index (χ4v) is 2.64. The van der Waals surface area contributed by atoms with Crippen molar-refractivity contribution < 1.29 is 9.53 Å². The highest BCUT2D eigenvalue weighted by Crippen LogP contribution is 2.20. The minimum absolute atomic E-state index is 0.0999. The number of carbonyl (C=O) groups is 1. The number of likely N-dealkylation sites (tertiary alicyclic amines) is 1. The number of nitrogens with zero attached hydrogens (tertiary/aromatic N) is 2. The molecule has 0 aliphatic carbocycles. The van der Waals surface area contributed by atoms with E-state index in [2.05, 4.69) is 10.3 Å². The zero-order chi connectivity index (χ0) is 14.5. The van der Waals surface area contributed by atoms with E-state index in [0.29, 0.717) is 11.5 Å². The monoisotopic (exact) mass is 277 g/mol. The van der Waals surface area contributed by atoms with E-state index in [1.165, 1.54) is 0 Å². The first-order valence-electron chi connectivity index (χ1n) is 7.08. The maximum Gasteiger partial charge on any atom is 0.254 e. The number of rotatable bonds is 4. The molecule has 110 valence electrons. The fourth-order valence-electron chi connectivity index (χ4n) is 2.64. The molecule has 0 aromatic carbocycles. The van der Waals surface area contributed by atoms with Gasteiger partial charge in [0.2, 0.25) is 0 Å². The number of nitrogens with one attached hydrogen (secondary N) is 1. The highest BCUT2D eigenvalue weighted by molar-refractivity contribution is 5.95. The largest absolute Gasteiger partial charge is 0.384 e. The molecule has 0 saturated carbocycles. The molecular weight excluding hydrogens is 254 g/mol. The first-order valence-corrected chi connectivity index (χ1v) is 7.08. The van der Waals surface area contributed by atoms with Crippen LogP contribution in [0.1, 0.15) is 28.9 Å². The van der Waals surface area contributed by atoms with Crippen molar-refractivity contribution in [2.75, 3.05) is 39.2 Å². The quantitative estimate of drug-likeness (QED) is 0.913. The van der Waals surface area contributed by atoms with Crippen molar-refractivity contribution in [3.05, 3.63) is 23.4 Å². The maximum atomic E-state index is 12.5. The average molecular weight is 277 g/mol.